The lowest BCUT2D eigenvalue weighted by atomic mass is 9.97. The first kappa shape index (κ1) is 18.2. The van der Waals surface area contributed by atoms with Crippen LogP contribution >= 0.6 is 0 Å². The van der Waals surface area contributed by atoms with Gasteiger partial charge in [-0.25, -0.2) is 13.1 Å². The highest BCUT2D eigenvalue weighted by Gasteiger charge is 2.30. The summed E-state index contributed by atoms with van der Waals surface area (Å²) < 4.78 is 70.0. The van der Waals surface area contributed by atoms with Gasteiger partial charge in [-0.2, -0.15) is 13.2 Å². The molecule has 1 aliphatic rings. The van der Waals surface area contributed by atoms with Crippen LogP contribution in [0.1, 0.15) is 30.9 Å². The van der Waals surface area contributed by atoms with Crippen molar-refractivity contribution in [3.8, 4) is 0 Å². The SMILES string of the molecule is C[C@@H]1C[C@@H](CNS(=O)(=O)Cc2cccc(C(F)(F)F)c2)CCO1. The second-order valence-corrected chi connectivity index (χ2v) is 7.68. The standard InChI is InChI=1S/C15H20F3NO3S/c1-11-7-12(5-6-22-11)9-19-23(20,21)10-13-3-2-4-14(8-13)15(16,17)18/h2-4,8,11-12,19H,5-7,9-10H2,1H3/t11-,12+/m1/s1. The predicted octanol–water partition coefficient (Wildman–Crippen LogP) is 2.94. The first-order chi connectivity index (χ1) is 10.7. The van der Waals surface area contributed by atoms with E-state index in [9.17, 15) is 21.6 Å². The fraction of sp³-hybridized carbons (Fsp3) is 0.600. The van der Waals surface area contributed by atoms with Gasteiger partial charge in [-0.3, -0.25) is 0 Å². The molecule has 8 heteroatoms. The molecule has 2 atom stereocenters. The van der Waals surface area contributed by atoms with E-state index in [-0.39, 0.29) is 24.1 Å². The quantitative estimate of drug-likeness (QED) is 0.887. The Morgan fingerprint density at radius 1 is 1.35 bits per heavy atom. The zero-order valence-electron chi connectivity index (χ0n) is 12.8. The second kappa shape index (κ2) is 7.19. The zero-order chi connectivity index (χ0) is 17.1. The van der Waals surface area contributed by atoms with Gasteiger partial charge < -0.3 is 4.74 Å². The lowest BCUT2D eigenvalue weighted by Gasteiger charge is -2.27. The lowest BCUT2D eigenvalue weighted by molar-refractivity contribution is -0.137. The predicted molar refractivity (Wildman–Crippen MR) is 80.2 cm³/mol. The topological polar surface area (TPSA) is 55.4 Å². The highest BCUT2D eigenvalue weighted by atomic mass is 32.2. The summed E-state index contributed by atoms with van der Waals surface area (Å²) in [7, 11) is -3.67. The van der Waals surface area contributed by atoms with E-state index in [1.165, 1.54) is 12.1 Å². The number of sulfonamides is 1. The van der Waals surface area contributed by atoms with Crippen LogP contribution in [0.2, 0.25) is 0 Å². The number of alkyl halides is 3. The molecule has 0 spiro atoms. The molecule has 2 rings (SSSR count). The minimum Gasteiger partial charge on any atom is -0.378 e. The normalized spacial score (nSPS) is 23.0. The van der Waals surface area contributed by atoms with E-state index in [1.807, 2.05) is 6.92 Å². The first-order valence-electron chi connectivity index (χ1n) is 7.41. The molecule has 4 nitrogen and oxygen atoms in total. The van der Waals surface area contributed by atoms with Crippen molar-refractivity contribution in [3.05, 3.63) is 35.4 Å². The smallest absolute Gasteiger partial charge is 0.378 e. The van der Waals surface area contributed by atoms with Crippen molar-refractivity contribution < 1.29 is 26.3 Å². The maximum absolute atomic E-state index is 12.7. The molecular weight excluding hydrogens is 331 g/mol. The third-order valence-electron chi connectivity index (χ3n) is 3.80. The molecule has 1 heterocycles. The molecule has 130 valence electrons. The summed E-state index contributed by atoms with van der Waals surface area (Å²) in [6.45, 7) is 2.82. The molecule has 0 amide bonds. The highest BCUT2D eigenvalue weighted by Crippen LogP contribution is 2.29. The van der Waals surface area contributed by atoms with Gasteiger partial charge in [0.25, 0.3) is 0 Å². The number of nitrogens with one attached hydrogen (secondary N) is 1. The van der Waals surface area contributed by atoms with Crippen molar-refractivity contribution in [2.75, 3.05) is 13.2 Å². The average molecular weight is 351 g/mol. The van der Waals surface area contributed by atoms with E-state index in [0.29, 0.717) is 6.61 Å². The minimum atomic E-state index is -4.48. The number of hydrogen-bond donors (Lipinski definition) is 1. The Kier molecular flexibility index (Phi) is 5.70. The lowest BCUT2D eigenvalue weighted by Crippen LogP contribution is -2.34. The largest absolute Gasteiger partial charge is 0.416 e. The van der Waals surface area contributed by atoms with Crippen molar-refractivity contribution in [2.24, 2.45) is 5.92 Å². The van der Waals surface area contributed by atoms with Gasteiger partial charge in [0, 0.05) is 13.2 Å². The van der Waals surface area contributed by atoms with Crippen LogP contribution in [0.15, 0.2) is 24.3 Å². The number of ether oxygens (including phenoxy) is 1. The van der Waals surface area contributed by atoms with Crippen molar-refractivity contribution in [1.82, 2.24) is 4.72 Å². The molecule has 1 N–H and O–H groups in total. The maximum atomic E-state index is 12.7. The van der Waals surface area contributed by atoms with E-state index < -0.39 is 27.5 Å². The van der Waals surface area contributed by atoms with Gasteiger partial charge in [0.2, 0.25) is 10.0 Å². The van der Waals surface area contributed by atoms with Crippen LogP contribution in [0.25, 0.3) is 0 Å². The Balaban J connectivity index is 1.95. The maximum Gasteiger partial charge on any atom is 0.416 e. The van der Waals surface area contributed by atoms with E-state index >= 15 is 0 Å². The van der Waals surface area contributed by atoms with Crippen LogP contribution in [0, 0.1) is 5.92 Å². The molecule has 1 aromatic rings. The Bertz CT molecular complexity index is 631. The fourth-order valence-corrected chi connectivity index (χ4v) is 3.84. The minimum absolute atomic E-state index is 0.0988. The Labute approximate surface area is 134 Å². The van der Waals surface area contributed by atoms with Crippen LogP contribution in [0.5, 0.6) is 0 Å². The van der Waals surface area contributed by atoms with Gasteiger partial charge in [0.15, 0.2) is 0 Å². The molecule has 0 aliphatic carbocycles. The van der Waals surface area contributed by atoms with Crippen molar-refractivity contribution in [2.45, 2.75) is 37.8 Å². The van der Waals surface area contributed by atoms with Gasteiger partial charge in [-0.15, -0.1) is 0 Å². The average Bonchev–Trinajstić information content (AvgIpc) is 2.44. The van der Waals surface area contributed by atoms with Crippen molar-refractivity contribution >= 4 is 10.0 Å². The summed E-state index contributed by atoms with van der Waals surface area (Å²) in [6.07, 6.45) is -2.84. The van der Waals surface area contributed by atoms with Gasteiger partial charge in [-0.05, 0) is 37.3 Å². The number of rotatable bonds is 5. The van der Waals surface area contributed by atoms with Crippen molar-refractivity contribution in [3.63, 3.8) is 0 Å². The Morgan fingerprint density at radius 2 is 2.09 bits per heavy atom. The zero-order valence-corrected chi connectivity index (χ0v) is 13.6. The molecule has 23 heavy (non-hydrogen) atoms. The molecule has 0 aromatic heterocycles. The van der Waals surface area contributed by atoms with Gasteiger partial charge >= 0.3 is 6.18 Å². The Morgan fingerprint density at radius 3 is 2.74 bits per heavy atom. The summed E-state index contributed by atoms with van der Waals surface area (Å²) in [5.74, 6) is -0.273. The molecule has 1 saturated heterocycles. The van der Waals surface area contributed by atoms with E-state index in [0.717, 1.165) is 25.0 Å². The van der Waals surface area contributed by atoms with Crippen LogP contribution in [0.4, 0.5) is 13.2 Å². The summed E-state index contributed by atoms with van der Waals surface area (Å²) in [5, 5.41) is 0. The van der Waals surface area contributed by atoms with Crippen LogP contribution in [-0.4, -0.2) is 27.7 Å². The number of benzene rings is 1. The number of halogens is 3. The summed E-state index contributed by atoms with van der Waals surface area (Å²) in [6, 6.07) is 4.39. The molecule has 1 aliphatic heterocycles. The van der Waals surface area contributed by atoms with Crippen LogP contribution in [0.3, 0.4) is 0 Å². The molecule has 1 fully saturated rings. The van der Waals surface area contributed by atoms with E-state index in [4.69, 9.17) is 4.74 Å². The Hall–Kier alpha value is -1.12. The molecule has 1 aromatic carbocycles. The molecule has 0 bridgehead atoms. The third-order valence-corrected chi connectivity index (χ3v) is 5.12. The molecule has 0 radical (unpaired) electrons. The molecular formula is C15H20F3NO3S. The monoisotopic (exact) mass is 351 g/mol. The second-order valence-electron chi connectivity index (χ2n) is 5.88. The third kappa shape index (κ3) is 5.78. The summed E-state index contributed by atoms with van der Waals surface area (Å²) >= 11 is 0. The van der Waals surface area contributed by atoms with Gasteiger partial charge in [0.05, 0.1) is 17.4 Å². The fourth-order valence-electron chi connectivity index (χ4n) is 2.63. The van der Waals surface area contributed by atoms with Crippen LogP contribution in [-0.2, 0) is 26.7 Å². The molecule has 0 saturated carbocycles. The van der Waals surface area contributed by atoms with Crippen molar-refractivity contribution in [1.29, 1.82) is 0 Å². The first-order valence-corrected chi connectivity index (χ1v) is 9.06. The van der Waals surface area contributed by atoms with Gasteiger partial charge in [0.1, 0.15) is 0 Å². The summed E-state index contributed by atoms with van der Waals surface area (Å²) in [5.41, 5.74) is -0.726. The highest BCUT2D eigenvalue weighted by molar-refractivity contribution is 7.88. The molecule has 0 unspecified atom stereocenters. The van der Waals surface area contributed by atoms with E-state index in [2.05, 4.69) is 4.72 Å². The van der Waals surface area contributed by atoms with Gasteiger partial charge in [-0.1, -0.05) is 18.2 Å². The summed E-state index contributed by atoms with van der Waals surface area (Å²) in [4.78, 5) is 0. The number of hydrogen-bond acceptors (Lipinski definition) is 3. The van der Waals surface area contributed by atoms with Crippen LogP contribution < -0.4 is 4.72 Å². The van der Waals surface area contributed by atoms with E-state index in [1.54, 1.807) is 0 Å².